The molecule has 0 amide bonds. The van der Waals surface area contributed by atoms with Gasteiger partial charge in [-0.2, -0.15) is 0 Å². The van der Waals surface area contributed by atoms with E-state index in [-0.39, 0.29) is 0 Å². The molecule has 3 heteroatoms. The van der Waals surface area contributed by atoms with Gasteiger partial charge in [0.1, 0.15) is 0 Å². The molecule has 1 N–H and O–H groups in total. The molecule has 0 aromatic heterocycles. The minimum absolute atomic E-state index is 0.924. The molecule has 0 aromatic carbocycles. The second kappa shape index (κ2) is 6.58. The Bertz CT molecular complexity index is 182. The van der Waals surface area contributed by atoms with Gasteiger partial charge >= 0.3 is 0 Å². The number of hydrogen-bond donors (Lipinski definition) is 1. The average molecular weight is 225 g/mol. The average Bonchev–Trinajstić information content (AvgIpc) is 2.82. The summed E-state index contributed by atoms with van der Waals surface area (Å²) < 4.78 is 0. The maximum Gasteiger partial charge on any atom is 0.0109 e. The zero-order valence-corrected chi connectivity index (χ0v) is 10.7. The van der Waals surface area contributed by atoms with Crippen molar-refractivity contribution in [3.05, 3.63) is 0 Å². The van der Waals surface area contributed by atoms with E-state index in [1.807, 2.05) is 0 Å². The third kappa shape index (κ3) is 3.72. The number of nitrogens with one attached hydrogen (secondary N) is 1. The van der Waals surface area contributed by atoms with Crippen LogP contribution in [0.2, 0.25) is 0 Å². The van der Waals surface area contributed by atoms with Crippen LogP contribution < -0.4 is 5.32 Å². The first kappa shape index (κ1) is 12.3. The maximum atomic E-state index is 3.30. The number of piperidine rings is 1. The molecule has 2 heterocycles. The summed E-state index contributed by atoms with van der Waals surface area (Å²) in [5.41, 5.74) is 0. The molecule has 0 saturated carbocycles. The summed E-state index contributed by atoms with van der Waals surface area (Å²) in [7, 11) is 2.07. The van der Waals surface area contributed by atoms with Gasteiger partial charge in [0.2, 0.25) is 0 Å². The molecule has 3 nitrogen and oxygen atoms in total. The smallest absolute Gasteiger partial charge is 0.0109 e. The van der Waals surface area contributed by atoms with Crippen LogP contribution in [0.4, 0.5) is 0 Å². The largest absolute Gasteiger partial charge is 0.319 e. The van der Waals surface area contributed by atoms with Gasteiger partial charge in [-0.1, -0.05) is 0 Å². The molecule has 0 bridgehead atoms. The Labute approximate surface area is 100 Å². The second-order valence-corrected chi connectivity index (χ2v) is 5.39. The lowest BCUT2D eigenvalue weighted by molar-refractivity contribution is 0.164. The third-order valence-electron chi connectivity index (χ3n) is 4.13. The van der Waals surface area contributed by atoms with Gasteiger partial charge in [-0.3, -0.25) is 0 Å². The summed E-state index contributed by atoms with van der Waals surface area (Å²) in [4.78, 5) is 5.28. The van der Waals surface area contributed by atoms with E-state index in [0.29, 0.717) is 0 Å². The van der Waals surface area contributed by atoms with Crippen LogP contribution in [0.3, 0.4) is 0 Å². The minimum atomic E-state index is 0.924. The lowest BCUT2D eigenvalue weighted by atomic mass is 9.97. The lowest BCUT2D eigenvalue weighted by Crippen LogP contribution is -2.40. The maximum absolute atomic E-state index is 3.30. The number of hydrogen-bond acceptors (Lipinski definition) is 3. The van der Waals surface area contributed by atoms with Crippen molar-refractivity contribution in [2.24, 2.45) is 5.92 Å². The van der Waals surface area contributed by atoms with Crippen LogP contribution in [-0.4, -0.2) is 62.7 Å². The van der Waals surface area contributed by atoms with Crippen molar-refractivity contribution in [1.29, 1.82) is 0 Å². The lowest BCUT2D eigenvalue weighted by Gasteiger charge is -2.32. The van der Waals surface area contributed by atoms with Gasteiger partial charge in [-0.05, 0) is 71.4 Å². The predicted octanol–water partition coefficient (Wildman–Crippen LogP) is 1.01. The predicted molar refractivity (Wildman–Crippen MR) is 68.8 cm³/mol. The Morgan fingerprint density at radius 3 is 2.06 bits per heavy atom. The highest BCUT2D eigenvalue weighted by atomic mass is 15.2. The van der Waals surface area contributed by atoms with Gasteiger partial charge in [0.15, 0.2) is 0 Å². The Kier molecular flexibility index (Phi) is 5.07. The Morgan fingerprint density at radius 1 is 0.938 bits per heavy atom. The molecule has 16 heavy (non-hydrogen) atoms. The quantitative estimate of drug-likeness (QED) is 0.753. The number of nitrogens with zero attached hydrogens (tertiary/aromatic N) is 2. The highest BCUT2D eigenvalue weighted by Gasteiger charge is 2.19. The van der Waals surface area contributed by atoms with Crippen LogP contribution in [0, 0.1) is 5.92 Å². The van der Waals surface area contributed by atoms with Gasteiger partial charge < -0.3 is 15.1 Å². The molecule has 0 radical (unpaired) electrons. The van der Waals surface area contributed by atoms with Gasteiger partial charge in [-0.15, -0.1) is 0 Å². The van der Waals surface area contributed by atoms with E-state index in [1.54, 1.807) is 0 Å². The zero-order valence-electron chi connectivity index (χ0n) is 10.7. The molecule has 2 aliphatic heterocycles. The minimum Gasteiger partial charge on any atom is -0.319 e. The van der Waals surface area contributed by atoms with Crippen LogP contribution >= 0.6 is 0 Å². The van der Waals surface area contributed by atoms with Gasteiger partial charge in [0, 0.05) is 13.1 Å². The van der Waals surface area contributed by atoms with Crippen LogP contribution in [0.5, 0.6) is 0 Å². The summed E-state index contributed by atoms with van der Waals surface area (Å²) in [6.07, 6.45) is 5.62. The monoisotopic (exact) mass is 225 g/mol. The summed E-state index contributed by atoms with van der Waals surface area (Å²) in [5.74, 6) is 0.924. The van der Waals surface area contributed by atoms with Crippen molar-refractivity contribution in [2.45, 2.75) is 25.7 Å². The van der Waals surface area contributed by atoms with E-state index >= 15 is 0 Å². The highest BCUT2D eigenvalue weighted by molar-refractivity contribution is 4.75. The van der Waals surface area contributed by atoms with Crippen molar-refractivity contribution in [3.63, 3.8) is 0 Å². The molecule has 2 fully saturated rings. The summed E-state index contributed by atoms with van der Waals surface area (Å²) >= 11 is 0. The van der Waals surface area contributed by atoms with Crippen molar-refractivity contribution in [2.75, 3.05) is 52.9 Å². The number of likely N-dealkylation sites (tertiary alicyclic amines) is 2. The zero-order chi connectivity index (χ0) is 11.2. The molecule has 2 saturated heterocycles. The molecule has 2 aliphatic rings. The van der Waals surface area contributed by atoms with E-state index < -0.39 is 0 Å². The summed E-state index contributed by atoms with van der Waals surface area (Å²) in [6, 6.07) is 0. The van der Waals surface area contributed by atoms with E-state index in [9.17, 15) is 0 Å². The van der Waals surface area contributed by atoms with Crippen LogP contribution in [0.1, 0.15) is 25.7 Å². The van der Waals surface area contributed by atoms with Crippen molar-refractivity contribution >= 4 is 0 Å². The van der Waals surface area contributed by atoms with E-state index in [4.69, 9.17) is 0 Å². The van der Waals surface area contributed by atoms with Crippen molar-refractivity contribution < 1.29 is 0 Å². The van der Waals surface area contributed by atoms with Crippen LogP contribution in [0.15, 0.2) is 0 Å². The number of rotatable bonds is 5. The molecule has 0 aliphatic carbocycles. The van der Waals surface area contributed by atoms with Crippen molar-refractivity contribution in [3.8, 4) is 0 Å². The van der Waals surface area contributed by atoms with Gasteiger partial charge in [0.25, 0.3) is 0 Å². The molecule has 0 unspecified atom stereocenters. The Hall–Kier alpha value is -0.120. The summed E-state index contributed by atoms with van der Waals surface area (Å²) in [6.45, 7) is 9.13. The molecule has 0 aromatic rings. The Morgan fingerprint density at radius 2 is 1.50 bits per heavy atom. The topological polar surface area (TPSA) is 18.5 Å². The first-order valence-electron chi connectivity index (χ1n) is 6.98. The fourth-order valence-electron chi connectivity index (χ4n) is 2.99. The molecular weight excluding hydrogens is 198 g/mol. The first-order chi connectivity index (χ1) is 7.88. The standard InChI is InChI=1S/C13H27N3/c1-14-12-13-4-8-16(9-5-13)11-10-15-6-2-3-7-15/h13-14H,2-12H2,1H3. The molecule has 2 rings (SSSR count). The van der Waals surface area contributed by atoms with E-state index in [1.165, 1.54) is 71.5 Å². The molecule has 0 spiro atoms. The SMILES string of the molecule is CNCC1CCN(CCN2CCCC2)CC1. The second-order valence-electron chi connectivity index (χ2n) is 5.39. The van der Waals surface area contributed by atoms with Crippen LogP contribution in [0.25, 0.3) is 0 Å². The fourth-order valence-corrected chi connectivity index (χ4v) is 2.99. The normalized spacial score (nSPS) is 25.3. The highest BCUT2D eigenvalue weighted by Crippen LogP contribution is 2.16. The van der Waals surface area contributed by atoms with Gasteiger partial charge in [-0.25, -0.2) is 0 Å². The van der Waals surface area contributed by atoms with E-state index in [2.05, 4.69) is 22.2 Å². The Balaban J connectivity index is 1.57. The third-order valence-corrected chi connectivity index (χ3v) is 4.13. The molecular formula is C13H27N3. The van der Waals surface area contributed by atoms with Crippen LogP contribution in [-0.2, 0) is 0 Å². The van der Waals surface area contributed by atoms with Crippen molar-refractivity contribution in [1.82, 2.24) is 15.1 Å². The summed E-state index contributed by atoms with van der Waals surface area (Å²) in [5, 5.41) is 3.30. The first-order valence-corrected chi connectivity index (χ1v) is 6.98. The van der Waals surface area contributed by atoms with Gasteiger partial charge in [0.05, 0.1) is 0 Å². The fraction of sp³-hybridized carbons (Fsp3) is 1.00. The molecule has 0 atom stereocenters. The molecule has 94 valence electrons. The van der Waals surface area contributed by atoms with E-state index in [0.717, 1.165) is 5.92 Å².